The molecule has 0 bridgehead atoms. The summed E-state index contributed by atoms with van der Waals surface area (Å²) in [5.74, 6) is 2.15. The number of amides is 2. The summed E-state index contributed by atoms with van der Waals surface area (Å²) >= 11 is 0. The van der Waals surface area contributed by atoms with Gasteiger partial charge in [-0.1, -0.05) is 43.7 Å². The summed E-state index contributed by atoms with van der Waals surface area (Å²) in [5.41, 5.74) is 3.63. The molecular weight excluding hydrogens is 604 g/mol. The molecule has 0 spiro atoms. The normalized spacial score (nSPS) is 21.1. The van der Waals surface area contributed by atoms with Crippen molar-refractivity contribution in [2.45, 2.75) is 58.1 Å². The van der Waals surface area contributed by atoms with Gasteiger partial charge in [0, 0.05) is 61.9 Å². The van der Waals surface area contributed by atoms with Crippen LogP contribution in [0.5, 0.6) is 0 Å². The van der Waals surface area contributed by atoms with Crippen LogP contribution in [0.25, 0.3) is 11.1 Å². The predicted octanol–water partition coefficient (Wildman–Crippen LogP) is 5.04. The van der Waals surface area contributed by atoms with Gasteiger partial charge in [-0.05, 0) is 44.2 Å². The van der Waals surface area contributed by atoms with Gasteiger partial charge in [0.15, 0.2) is 5.82 Å². The van der Waals surface area contributed by atoms with E-state index in [1.54, 1.807) is 34.8 Å². The highest BCUT2D eigenvalue weighted by Crippen LogP contribution is 2.43. The van der Waals surface area contributed by atoms with Gasteiger partial charge in [-0.25, -0.2) is 9.78 Å². The lowest BCUT2D eigenvalue weighted by Crippen LogP contribution is -2.32. The maximum atomic E-state index is 13.9. The molecule has 1 aliphatic carbocycles. The number of hydrogen-bond donors (Lipinski definition) is 3. The number of urea groups is 1. The maximum absolute atomic E-state index is 13.9. The van der Waals surface area contributed by atoms with Crippen LogP contribution in [0.3, 0.4) is 0 Å². The molecule has 4 aromatic rings. The average molecular weight is 648 g/mol. The first-order chi connectivity index (χ1) is 23.3. The number of nitriles is 1. The van der Waals surface area contributed by atoms with Gasteiger partial charge in [-0.2, -0.15) is 19.9 Å². The number of rotatable bonds is 12. The van der Waals surface area contributed by atoms with Crippen LogP contribution in [0.15, 0.2) is 67.3 Å². The zero-order valence-corrected chi connectivity index (χ0v) is 27.8. The monoisotopic (exact) mass is 647 g/mol. The Morgan fingerprint density at radius 2 is 1.92 bits per heavy atom. The van der Waals surface area contributed by atoms with E-state index >= 15 is 0 Å². The van der Waals surface area contributed by atoms with Gasteiger partial charge in [-0.3, -0.25) is 10.00 Å². The van der Waals surface area contributed by atoms with Crippen molar-refractivity contribution in [2.75, 3.05) is 29.9 Å². The van der Waals surface area contributed by atoms with E-state index in [9.17, 15) is 15.2 Å². The van der Waals surface area contributed by atoms with Crippen LogP contribution in [0.4, 0.5) is 22.4 Å². The fraction of sp³-hybridized carbons (Fsp3) is 0.417. The van der Waals surface area contributed by atoms with Crippen molar-refractivity contribution in [1.82, 2.24) is 30.0 Å². The number of aliphatic hydroxyl groups is 1. The smallest absolute Gasteiger partial charge is 0.388 e. The Bertz CT molecular complexity index is 1810. The summed E-state index contributed by atoms with van der Waals surface area (Å²) in [6.07, 6.45) is 11.5. The maximum Gasteiger partial charge on any atom is 0.441 e. The number of aromatic nitrogens is 5. The Morgan fingerprint density at radius 1 is 1.10 bits per heavy atom. The molecule has 12 nitrogen and oxygen atoms in total. The summed E-state index contributed by atoms with van der Waals surface area (Å²) in [4.78, 5) is 29.6. The SMILES string of the molecule is CCCC1/C(=[N+](/C(=O)NCc2ccccc2)c2ccc(-c3cnn(C)c3)cn2)C1CCCNc1ncc(C#N)c(N2CCC(C)(O)C2)n1. The fourth-order valence-corrected chi connectivity index (χ4v) is 6.59. The van der Waals surface area contributed by atoms with Crippen molar-refractivity contribution >= 4 is 29.3 Å². The number of benzene rings is 1. The molecule has 1 aromatic carbocycles. The zero-order chi connectivity index (χ0) is 33.7. The minimum atomic E-state index is -0.804. The predicted molar refractivity (Wildman–Crippen MR) is 184 cm³/mol. The molecule has 2 aliphatic rings. The molecule has 3 atom stereocenters. The molecule has 4 heterocycles. The highest BCUT2D eigenvalue weighted by atomic mass is 16.3. The van der Waals surface area contributed by atoms with Crippen LogP contribution in [-0.2, 0) is 13.6 Å². The molecule has 3 aromatic heterocycles. The molecule has 248 valence electrons. The molecule has 1 aliphatic heterocycles. The Hall–Kier alpha value is -5.15. The van der Waals surface area contributed by atoms with Crippen molar-refractivity contribution in [3.63, 3.8) is 0 Å². The number of nitrogens with zero attached hydrogens (tertiary/aromatic N) is 8. The van der Waals surface area contributed by atoms with E-state index in [4.69, 9.17) is 4.98 Å². The van der Waals surface area contributed by atoms with Crippen LogP contribution in [0.1, 0.15) is 57.1 Å². The second-order valence-electron chi connectivity index (χ2n) is 13.0. The minimum absolute atomic E-state index is 0.184. The Labute approximate surface area is 281 Å². The quantitative estimate of drug-likeness (QED) is 0.142. The lowest BCUT2D eigenvalue weighted by Gasteiger charge is -2.21. The molecule has 2 fully saturated rings. The zero-order valence-electron chi connectivity index (χ0n) is 27.8. The van der Waals surface area contributed by atoms with Crippen molar-refractivity contribution in [3.05, 3.63) is 78.4 Å². The van der Waals surface area contributed by atoms with Crippen LogP contribution >= 0.6 is 0 Å². The van der Waals surface area contributed by atoms with Crippen LogP contribution in [-0.4, -0.2) is 71.4 Å². The van der Waals surface area contributed by atoms with Crippen molar-refractivity contribution in [3.8, 4) is 17.2 Å². The average Bonchev–Trinajstić information content (AvgIpc) is 3.36. The summed E-state index contributed by atoms with van der Waals surface area (Å²) in [6.45, 7) is 6.10. The first kappa shape index (κ1) is 32.8. The van der Waals surface area contributed by atoms with E-state index in [-0.39, 0.29) is 17.9 Å². The molecule has 12 heteroatoms. The van der Waals surface area contributed by atoms with Gasteiger partial charge in [0.1, 0.15) is 17.8 Å². The molecule has 0 radical (unpaired) electrons. The number of hydrogen-bond acceptors (Lipinski definition) is 9. The van der Waals surface area contributed by atoms with Crippen molar-refractivity contribution in [1.29, 1.82) is 5.26 Å². The van der Waals surface area contributed by atoms with Crippen LogP contribution in [0, 0.1) is 23.2 Å². The fourth-order valence-electron chi connectivity index (χ4n) is 6.59. The highest BCUT2D eigenvalue weighted by molar-refractivity contribution is 6.03. The largest absolute Gasteiger partial charge is 0.441 e. The Morgan fingerprint density at radius 3 is 2.58 bits per heavy atom. The molecule has 1 saturated heterocycles. The third-order valence-electron chi connectivity index (χ3n) is 9.11. The minimum Gasteiger partial charge on any atom is -0.388 e. The molecule has 6 rings (SSSR count). The van der Waals surface area contributed by atoms with Gasteiger partial charge in [0.25, 0.3) is 5.82 Å². The first-order valence-electron chi connectivity index (χ1n) is 16.7. The number of carbonyl (C=O) groups is 1. The van der Waals surface area contributed by atoms with Gasteiger partial charge in [0.05, 0.1) is 30.3 Å². The van der Waals surface area contributed by atoms with Crippen molar-refractivity contribution in [2.24, 2.45) is 18.9 Å². The topological polar surface area (TPSA) is 148 Å². The summed E-state index contributed by atoms with van der Waals surface area (Å²) in [6, 6.07) is 15.8. The highest BCUT2D eigenvalue weighted by Gasteiger charge is 2.50. The molecule has 48 heavy (non-hydrogen) atoms. The van der Waals surface area contributed by atoms with Crippen LogP contribution < -0.4 is 15.5 Å². The number of anilines is 2. The third-order valence-corrected chi connectivity index (χ3v) is 9.11. The molecule has 1 saturated carbocycles. The Balaban J connectivity index is 1.18. The Kier molecular flexibility index (Phi) is 9.77. The number of nitrogens with one attached hydrogen (secondary N) is 2. The number of aryl methyl sites for hydroxylation is 1. The molecule has 3 unspecified atom stereocenters. The van der Waals surface area contributed by atoms with E-state index in [1.807, 2.05) is 60.6 Å². The van der Waals surface area contributed by atoms with Gasteiger partial charge < -0.3 is 15.3 Å². The summed E-state index contributed by atoms with van der Waals surface area (Å²) in [5, 5.41) is 30.8. The third kappa shape index (κ3) is 7.52. The second kappa shape index (κ2) is 14.3. The first-order valence-corrected chi connectivity index (χ1v) is 16.7. The molecule has 3 N–H and O–H groups in total. The van der Waals surface area contributed by atoms with Gasteiger partial charge in [-0.15, -0.1) is 4.98 Å². The number of β-amino-alcohol motifs (C(OH)–C–C–N with tert-alkyl or cyclic N) is 1. The van der Waals surface area contributed by atoms with E-state index in [0.29, 0.717) is 55.7 Å². The van der Waals surface area contributed by atoms with Crippen molar-refractivity contribution < 1.29 is 14.5 Å². The molecule has 2 amide bonds. The number of carbonyl (C=O) groups excluding carboxylic acids is 1. The lowest BCUT2D eigenvalue weighted by atomic mass is 10.1. The van der Waals surface area contributed by atoms with Gasteiger partial charge >= 0.3 is 6.03 Å². The lowest BCUT2D eigenvalue weighted by molar-refractivity contribution is -0.337. The standard InChI is InChI=1S/C36H42N10O2/c1-4-9-29-30(12-8-16-38-34-40-21-27(18-37)33(43-34)45-17-15-36(2,48)24-45)32(29)46(35(47)41-19-25-10-6-5-7-11-25)31-14-13-26(20-39-31)28-22-42-44(3)23-28/h5-7,10-11,13-14,20-23,29-30,48H,4,8-9,12,15-17,19,24H2,1-3H3,(H-,38,40,41,43,47)/p+1/b46-32-. The molecular formula is C36H43N10O2+. The van der Waals surface area contributed by atoms with E-state index in [1.165, 1.54) is 0 Å². The summed E-state index contributed by atoms with van der Waals surface area (Å²) < 4.78 is 3.54. The van der Waals surface area contributed by atoms with E-state index in [2.05, 4.69) is 38.7 Å². The van der Waals surface area contributed by atoms with Crippen LogP contribution in [0.2, 0.25) is 0 Å². The van der Waals surface area contributed by atoms with Gasteiger partial charge in [0.2, 0.25) is 5.95 Å². The summed E-state index contributed by atoms with van der Waals surface area (Å²) in [7, 11) is 1.88. The van der Waals surface area contributed by atoms with E-state index in [0.717, 1.165) is 48.1 Å². The number of pyridine rings is 1. The van der Waals surface area contributed by atoms with E-state index < -0.39 is 5.60 Å². The second-order valence-corrected chi connectivity index (χ2v) is 13.0.